The summed E-state index contributed by atoms with van der Waals surface area (Å²) in [6.07, 6.45) is 1.33. The summed E-state index contributed by atoms with van der Waals surface area (Å²) in [6, 6.07) is 8.62. The quantitative estimate of drug-likeness (QED) is 0.464. The molecule has 2 aromatic carbocycles. The zero-order valence-electron chi connectivity index (χ0n) is 21.2. The molecule has 0 unspecified atom stereocenters. The van der Waals surface area contributed by atoms with Crippen molar-refractivity contribution in [1.29, 1.82) is 0 Å². The normalized spacial score (nSPS) is 13.7. The Morgan fingerprint density at radius 3 is 2.30 bits per heavy atom. The third-order valence-electron chi connectivity index (χ3n) is 5.65. The van der Waals surface area contributed by atoms with Gasteiger partial charge in [0, 0.05) is 18.7 Å². The first-order valence-electron chi connectivity index (χ1n) is 11.8. The van der Waals surface area contributed by atoms with Gasteiger partial charge < -0.3 is 19.7 Å². The smallest absolute Gasteiger partial charge is 0.244 e. The number of carbonyl (C=O) groups is 2. The molecule has 1 heterocycles. The number of halogens is 2. The van der Waals surface area contributed by atoms with Crippen molar-refractivity contribution in [3.05, 3.63) is 52.0 Å². The van der Waals surface area contributed by atoms with Gasteiger partial charge in [0.2, 0.25) is 21.8 Å². The third-order valence-corrected chi connectivity index (χ3v) is 7.53. The predicted octanol–water partition coefficient (Wildman–Crippen LogP) is 3.86. The van der Waals surface area contributed by atoms with Gasteiger partial charge >= 0.3 is 0 Å². The van der Waals surface area contributed by atoms with E-state index in [2.05, 4.69) is 5.32 Å². The van der Waals surface area contributed by atoms with Gasteiger partial charge in [-0.1, -0.05) is 36.2 Å². The number of nitrogens with one attached hydrogen (secondary N) is 1. The number of nitrogens with zero attached hydrogens (tertiary/aromatic N) is 2. The van der Waals surface area contributed by atoms with E-state index in [-0.39, 0.29) is 24.2 Å². The Labute approximate surface area is 227 Å². The highest BCUT2D eigenvalue weighted by atomic mass is 35.5. The van der Waals surface area contributed by atoms with Crippen LogP contribution in [0.1, 0.15) is 32.8 Å². The van der Waals surface area contributed by atoms with Crippen molar-refractivity contribution < 1.29 is 27.5 Å². The molecule has 1 aliphatic rings. The van der Waals surface area contributed by atoms with Crippen LogP contribution < -0.4 is 19.1 Å². The van der Waals surface area contributed by atoms with Crippen LogP contribution in [0.4, 0.5) is 5.69 Å². The van der Waals surface area contributed by atoms with E-state index in [1.807, 2.05) is 13.8 Å². The molecule has 3 rings (SSSR count). The summed E-state index contributed by atoms with van der Waals surface area (Å²) < 4.78 is 37.7. The lowest BCUT2D eigenvalue weighted by Crippen LogP contribution is -2.53. The minimum absolute atomic E-state index is 0.0263. The number of rotatable bonds is 10. The van der Waals surface area contributed by atoms with Crippen LogP contribution in [0.25, 0.3) is 0 Å². The molecule has 1 N–H and O–H groups in total. The van der Waals surface area contributed by atoms with Crippen LogP contribution in [0.15, 0.2) is 36.4 Å². The van der Waals surface area contributed by atoms with Crippen molar-refractivity contribution in [2.75, 3.05) is 30.3 Å². The van der Waals surface area contributed by atoms with Crippen molar-refractivity contribution in [1.82, 2.24) is 10.2 Å². The summed E-state index contributed by atoms with van der Waals surface area (Å²) in [4.78, 5) is 28.1. The van der Waals surface area contributed by atoms with Crippen molar-refractivity contribution in [2.45, 2.75) is 45.8 Å². The van der Waals surface area contributed by atoms with Gasteiger partial charge in [-0.05, 0) is 50.1 Å². The van der Waals surface area contributed by atoms with Gasteiger partial charge in [0.15, 0.2) is 11.5 Å². The fraction of sp³-hybridized carbons (Fsp3) is 0.440. The minimum atomic E-state index is -3.88. The highest BCUT2D eigenvalue weighted by Crippen LogP contribution is 2.35. The lowest BCUT2D eigenvalue weighted by molar-refractivity contribution is -0.140. The lowest BCUT2D eigenvalue weighted by Gasteiger charge is -2.33. The van der Waals surface area contributed by atoms with Crippen LogP contribution in [0.2, 0.25) is 10.0 Å². The van der Waals surface area contributed by atoms with Crippen LogP contribution in [0, 0.1) is 0 Å². The monoisotopic (exact) mass is 571 g/mol. The highest BCUT2D eigenvalue weighted by Gasteiger charge is 2.32. The molecule has 2 amide bonds. The van der Waals surface area contributed by atoms with Crippen LogP contribution in [0.3, 0.4) is 0 Å². The SMILES string of the molecule is CC[C@H](C(=O)NC(C)C)N(Cc1ccc(Cl)c(Cl)c1)C(=O)CN(c1ccc2c(c1)OCCO2)S(C)(=O)=O. The molecule has 1 atom stereocenters. The summed E-state index contributed by atoms with van der Waals surface area (Å²) >= 11 is 12.2. The molecule has 37 heavy (non-hydrogen) atoms. The molecule has 0 bridgehead atoms. The summed E-state index contributed by atoms with van der Waals surface area (Å²) in [6.45, 7) is 5.65. The van der Waals surface area contributed by atoms with Crippen molar-refractivity contribution in [3.8, 4) is 11.5 Å². The van der Waals surface area contributed by atoms with E-state index in [4.69, 9.17) is 32.7 Å². The Morgan fingerprint density at radius 2 is 1.70 bits per heavy atom. The maximum atomic E-state index is 13.7. The molecule has 0 aliphatic carbocycles. The van der Waals surface area contributed by atoms with Gasteiger partial charge in [-0.15, -0.1) is 0 Å². The first kappa shape index (κ1) is 28.9. The van der Waals surface area contributed by atoms with Gasteiger partial charge in [0.1, 0.15) is 25.8 Å². The molecule has 0 radical (unpaired) electrons. The fourth-order valence-corrected chi connectivity index (χ4v) is 5.10. The molecule has 0 spiro atoms. The van der Waals surface area contributed by atoms with Crippen molar-refractivity contribution >= 4 is 50.7 Å². The zero-order chi connectivity index (χ0) is 27.3. The molecule has 0 saturated carbocycles. The van der Waals surface area contributed by atoms with E-state index in [0.717, 1.165) is 10.6 Å². The van der Waals surface area contributed by atoms with Gasteiger partial charge in [-0.2, -0.15) is 0 Å². The summed E-state index contributed by atoms with van der Waals surface area (Å²) in [5.41, 5.74) is 0.887. The molecule has 0 saturated heterocycles. The van der Waals surface area contributed by atoms with Crippen LogP contribution in [0.5, 0.6) is 11.5 Å². The Bertz CT molecular complexity index is 1250. The fourth-order valence-electron chi connectivity index (χ4n) is 3.94. The van der Waals surface area contributed by atoms with E-state index in [1.165, 1.54) is 11.0 Å². The van der Waals surface area contributed by atoms with E-state index in [0.29, 0.717) is 46.7 Å². The van der Waals surface area contributed by atoms with E-state index in [9.17, 15) is 18.0 Å². The molecule has 12 heteroatoms. The summed E-state index contributed by atoms with van der Waals surface area (Å²) in [5, 5.41) is 3.50. The molecule has 0 aromatic heterocycles. The Hall–Kier alpha value is -2.69. The first-order chi connectivity index (χ1) is 17.4. The molecular weight excluding hydrogens is 541 g/mol. The molecule has 1 aliphatic heterocycles. The van der Waals surface area contributed by atoms with Gasteiger partial charge in [-0.3, -0.25) is 13.9 Å². The van der Waals surface area contributed by atoms with Crippen molar-refractivity contribution in [2.24, 2.45) is 0 Å². The van der Waals surface area contributed by atoms with Crippen LogP contribution >= 0.6 is 23.2 Å². The minimum Gasteiger partial charge on any atom is -0.486 e. The van der Waals surface area contributed by atoms with Crippen LogP contribution in [-0.4, -0.2) is 63.2 Å². The number of anilines is 1. The van der Waals surface area contributed by atoms with Crippen molar-refractivity contribution in [3.63, 3.8) is 0 Å². The molecule has 9 nitrogen and oxygen atoms in total. The number of amides is 2. The molecule has 2 aromatic rings. The van der Waals surface area contributed by atoms with E-state index in [1.54, 1.807) is 37.3 Å². The molecule has 0 fully saturated rings. The second kappa shape index (κ2) is 12.2. The highest BCUT2D eigenvalue weighted by molar-refractivity contribution is 7.92. The van der Waals surface area contributed by atoms with E-state index >= 15 is 0 Å². The number of carbonyl (C=O) groups excluding carboxylic acids is 2. The predicted molar refractivity (Wildman–Crippen MR) is 144 cm³/mol. The zero-order valence-corrected chi connectivity index (χ0v) is 23.5. The third kappa shape index (κ3) is 7.43. The van der Waals surface area contributed by atoms with Gasteiger partial charge in [0.25, 0.3) is 0 Å². The first-order valence-corrected chi connectivity index (χ1v) is 14.4. The van der Waals surface area contributed by atoms with Gasteiger partial charge in [-0.25, -0.2) is 8.42 Å². The average molecular weight is 573 g/mol. The summed E-state index contributed by atoms with van der Waals surface area (Å²) in [5.74, 6) is -0.0130. The number of benzene rings is 2. The number of ether oxygens (including phenoxy) is 2. The number of hydrogen-bond donors (Lipinski definition) is 1. The standard InChI is InChI=1S/C25H31Cl2N3O6S/c1-5-21(25(32)28-16(2)3)29(14-17-6-8-19(26)20(27)12-17)24(31)15-30(37(4,33)34)18-7-9-22-23(13-18)36-11-10-35-22/h6-9,12-13,16,21H,5,10-11,14-15H2,1-4H3,(H,28,32)/t21-/m1/s1. The number of fused-ring (bicyclic) bond motifs is 1. The number of sulfonamides is 1. The number of hydrogen-bond acceptors (Lipinski definition) is 6. The summed E-state index contributed by atoms with van der Waals surface area (Å²) in [7, 11) is -3.88. The largest absolute Gasteiger partial charge is 0.486 e. The Morgan fingerprint density at radius 1 is 1.03 bits per heavy atom. The lowest BCUT2D eigenvalue weighted by atomic mass is 10.1. The molecular formula is C25H31Cl2N3O6S. The second-order valence-electron chi connectivity index (χ2n) is 8.96. The molecule has 202 valence electrons. The maximum absolute atomic E-state index is 13.7. The van der Waals surface area contributed by atoms with Crippen LogP contribution in [-0.2, 0) is 26.2 Å². The maximum Gasteiger partial charge on any atom is 0.244 e. The Kier molecular flexibility index (Phi) is 9.55. The van der Waals surface area contributed by atoms with E-state index < -0.39 is 28.5 Å². The topological polar surface area (TPSA) is 105 Å². The second-order valence-corrected chi connectivity index (χ2v) is 11.7. The Balaban J connectivity index is 1.97. The van der Waals surface area contributed by atoms with Gasteiger partial charge in [0.05, 0.1) is 22.0 Å². The average Bonchev–Trinajstić information content (AvgIpc) is 2.83.